The van der Waals surface area contributed by atoms with E-state index in [0.29, 0.717) is 41.4 Å². The van der Waals surface area contributed by atoms with E-state index in [4.69, 9.17) is 17.3 Å². The van der Waals surface area contributed by atoms with E-state index in [1.807, 2.05) is 42.2 Å². The van der Waals surface area contributed by atoms with Crippen molar-refractivity contribution in [3.63, 3.8) is 0 Å². The SMILES string of the molecule is CCCS(=O)(=O)c1ccc(N=Nc2c(C)cc3cc(S(=O)(=O)O)c(N=Nc4cc(Nc5nc(Cl)nc(N(CC)c6ccccc6)n5)ccc4C)c(O)c3c2N)cc1. The molecule has 0 atom stereocenters. The van der Waals surface area contributed by atoms with E-state index in [9.17, 15) is 26.5 Å². The summed E-state index contributed by atoms with van der Waals surface area (Å²) in [5, 5.41) is 31.6. The highest BCUT2D eigenvalue weighted by atomic mass is 35.5. The Hall–Kier alpha value is -6.08. The number of aryl methyl sites for hydroxylation is 2. The van der Waals surface area contributed by atoms with Gasteiger partial charge in [0.15, 0.2) is 15.6 Å². The Kier molecular flexibility index (Phi) is 11.8. The maximum atomic E-state index is 12.6. The summed E-state index contributed by atoms with van der Waals surface area (Å²) in [7, 11) is -8.36. The third-order valence-corrected chi connectivity index (χ3v) is 11.7. The third kappa shape index (κ3) is 8.99. The Labute approximate surface area is 333 Å². The number of phenols is 1. The fourth-order valence-corrected chi connectivity index (χ4v) is 8.05. The van der Waals surface area contributed by atoms with E-state index in [1.165, 1.54) is 30.3 Å². The number of phenolic OH excluding ortho intramolecular Hbond substituents is 1. The molecule has 0 saturated carbocycles. The van der Waals surface area contributed by atoms with E-state index in [-0.39, 0.29) is 49.7 Å². The largest absolute Gasteiger partial charge is 0.505 e. The molecule has 5 aromatic carbocycles. The highest BCUT2D eigenvalue weighted by molar-refractivity contribution is 7.91. The van der Waals surface area contributed by atoms with Gasteiger partial charge in [-0.25, -0.2) is 8.42 Å². The predicted octanol–water partition coefficient (Wildman–Crippen LogP) is 9.75. The van der Waals surface area contributed by atoms with E-state index in [0.717, 1.165) is 11.8 Å². The van der Waals surface area contributed by atoms with Crippen molar-refractivity contribution in [1.82, 2.24) is 15.0 Å². The van der Waals surface area contributed by atoms with Crippen LogP contribution in [0.2, 0.25) is 5.28 Å². The zero-order valence-electron chi connectivity index (χ0n) is 31.1. The number of aromatic nitrogens is 3. The monoisotopic (exact) mass is 828 g/mol. The molecule has 0 saturated heterocycles. The number of rotatable bonds is 13. The maximum absolute atomic E-state index is 12.6. The molecule has 16 nitrogen and oxygen atoms in total. The van der Waals surface area contributed by atoms with Gasteiger partial charge in [-0.1, -0.05) is 31.2 Å². The number of benzene rings is 5. The second kappa shape index (κ2) is 16.6. The number of aromatic hydroxyl groups is 1. The molecule has 0 aliphatic heterocycles. The lowest BCUT2D eigenvalue weighted by Crippen LogP contribution is -2.19. The van der Waals surface area contributed by atoms with Crippen LogP contribution in [0.15, 0.2) is 115 Å². The standard InChI is InChI=1S/C38H37ClN10O6S2/c1-5-18-56(51,52)28-16-14-25(15-17-28)45-47-33-23(4)19-24-20-30(57(53,54)55)34(35(50)31(24)32(33)40)48-46-29-21-26(13-12-22(29)3)41-37-42-36(39)43-38(44-37)49(6-2)27-10-8-7-9-11-27/h7-17,19-21,50H,5-6,18,40H2,1-4H3,(H,53,54,55)(H,41,42,43,44). The summed E-state index contributed by atoms with van der Waals surface area (Å²) in [4.78, 5) is 14.4. The Balaban J connectivity index is 1.35. The van der Waals surface area contributed by atoms with Gasteiger partial charge < -0.3 is 21.1 Å². The first-order chi connectivity index (χ1) is 27.1. The fourth-order valence-electron chi connectivity index (χ4n) is 5.91. The molecule has 1 aromatic heterocycles. The van der Waals surface area contributed by atoms with Gasteiger partial charge in [0.1, 0.15) is 16.3 Å². The minimum absolute atomic E-state index is 0.0109. The number of azo groups is 2. The first-order valence-electron chi connectivity index (χ1n) is 17.4. The number of sulfone groups is 1. The molecular weight excluding hydrogens is 792 g/mol. The molecule has 0 bridgehead atoms. The van der Waals surface area contributed by atoms with Crippen LogP contribution in [0.3, 0.4) is 0 Å². The molecular formula is C38H37ClN10O6S2. The summed E-state index contributed by atoms with van der Waals surface area (Å²) in [6.07, 6.45) is 0.477. The minimum Gasteiger partial charge on any atom is -0.505 e. The van der Waals surface area contributed by atoms with Crippen molar-refractivity contribution in [3.05, 3.63) is 101 Å². The number of para-hydroxylation sites is 1. The van der Waals surface area contributed by atoms with Crippen LogP contribution in [0.25, 0.3) is 10.8 Å². The Morgan fingerprint density at radius 2 is 1.53 bits per heavy atom. The molecule has 0 unspecified atom stereocenters. The second-order valence-corrected chi connectivity index (χ2v) is 16.6. The molecule has 0 radical (unpaired) electrons. The molecule has 1 heterocycles. The average molecular weight is 829 g/mol. The van der Waals surface area contributed by atoms with Crippen molar-refractivity contribution in [1.29, 1.82) is 0 Å². The normalized spacial score (nSPS) is 12.2. The number of nitrogen functional groups attached to an aromatic ring is 1. The van der Waals surface area contributed by atoms with Crippen LogP contribution < -0.4 is 16.0 Å². The third-order valence-electron chi connectivity index (χ3n) is 8.70. The van der Waals surface area contributed by atoms with E-state index in [2.05, 4.69) is 40.7 Å². The highest BCUT2D eigenvalue weighted by Gasteiger charge is 2.25. The van der Waals surface area contributed by atoms with Gasteiger partial charge >= 0.3 is 0 Å². The average Bonchev–Trinajstić information content (AvgIpc) is 3.15. The van der Waals surface area contributed by atoms with Gasteiger partial charge in [0.05, 0.1) is 33.1 Å². The smallest absolute Gasteiger partial charge is 0.296 e. The molecule has 0 fully saturated rings. The number of hydrogen-bond donors (Lipinski definition) is 4. The van der Waals surface area contributed by atoms with Crippen LogP contribution in [0.5, 0.6) is 5.75 Å². The fraction of sp³-hybridized carbons (Fsp3) is 0.184. The van der Waals surface area contributed by atoms with Crippen molar-refractivity contribution in [2.24, 2.45) is 20.5 Å². The van der Waals surface area contributed by atoms with E-state index >= 15 is 0 Å². The maximum Gasteiger partial charge on any atom is 0.296 e. The van der Waals surface area contributed by atoms with Crippen LogP contribution in [-0.4, -0.2) is 53.7 Å². The van der Waals surface area contributed by atoms with Crippen LogP contribution in [0.1, 0.15) is 31.4 Å². The first-order valence-corrected chi connectivity index (χ1v) is 20.9. The highest BCUT2D eigenvalue weighted by Crippen LogP contribution is 2.47. The van der Waals surface area contributed by atoms with E-state index in [1.54, 1.807) is 39.0 Å². The van der Waals surface area contributed by atoms with Gasteiger partial charge in [0, 0.05) is 17.9 Å². The Morgan fingerprint density at radius 3 is 2.19 bits per heavy atom. The number of nitrogens with two attached hydrogens (primary N) is 1. The van der Waals surface area contributed by atoms with Crippen molar-refractivity contribution in [3.8, 4) is 5.75 Å². The summed E-state index contributed by atoms with van der Waals surface area (Å²) in [5.74, 6) is -0.208. The lowest BCUT2D eigenvalue weighted by Gasteiger charge is -2.21. The number of halogens is 1. The zero-order chi connectivity index (χ0) is 41.1. The van der Waals surface area contributed by atoms with Gasteiger partial charge in [-0.3, -0.25) is 4.55 Å². The zero-order valence-corrected chi connectivity index (χ0v) is 33.5. The van der Waals surface area contributed by atoms with Gasteiger partial charge in [-0.05, 0) is 116 Å². The summed E-state index contributed by atoms with van der Waals surface area (Å²) in [6.45, 7) is 7.67. The van der Waals surface area contributed by atoms with Crippen molar-refractivity contribution in [2.45, 2.75) is 43.9 Å². The van der Waals surface area contributed by atoms with Gasteiger partial charge in [-0.2, -0.15) is 33.6 Å². The van der Waals surface area contributed by atoms with Crippen LogP contribution >= 0.6 is 11.6 Å². The Bertz CT molecular complexity index is 2770. The van der Waals surface area contributed by atoms with Crippen molar-refractivity contribution < 1.29 is 26.5 Å². The minimum atomic E-state index is -4.94. The van der Waals surface area contributed by atoms with Gasteiger partial charge in [0.25, 0.3) is 10.1 Å². The molecule has 57 heavy (non-hydrogen) atoms. The lowest BCUT2D eigenvalue weighted by atomic mass is 10.0. The first kappa shape index (κ1) is 40.6. The summed E-state index contributed by atoms with van der Waals surface area (Å²) in [5.41, 5.74) is 9.07. The number of anilines is 5. The second-order valence-electron chi connectivity index (χ2n) is 12.7. The summed E-state index contributed by atoms with van der Waals surface area (Å²) in [6, 6.07) is 23.1. The van der Waals surface area contributed by atoms with Gasteiger partial charge in [0.2, 0.25) is 17.2 Å². The predicted molar refractivity (Wildman–Crippen MR) is 220 cm³/mol. The quantitative estimate of drug-likeness (QED) is 0.0483. The van der Waals surface area contributed by atoms with Crippen LogP contribution in [-0.2, 0) is 20.0 Å². The number of nitrogens with one attached hydrogen (secondary N) is 1. The van der Waals surface area contributed by atoms with Crippen molar-refractivity contribution >= 4 is 94.0 Å². The molecule has 294 valence electrons. The molecule has 0 amide bonds. The molecule has 0 aliphatic rings. The number of hydrogen-bond acceptors (Lipinski definition) is 15. The topological polar surface area (TPSA) is 238 Å². The molecule has 19 heteroatoms. The molecule has 6 aromatic rings. The molecule has 6 rings (SSSR count). The van der Waals surface area contributed by atoms with Gasteiger partial charge in [-0.15, -0.1) is 10.2 Å². The molecule has 5 N–H and O–H groups in total. The number of fused-ring (bicyclic) bond motifs is 1. The molecule has 0 spiro atoms. The lowest BCUT2D eigenvalue weighted by molar-refractivity contribution is 0.472. The van der Waals surface area contributed by atoms with Crippen molar-refractivity contribution in [2.75, 3.05) is 28.2 Å². The molecule has 0 aliphatic carbocycles. The summed E-state index contributed by atoms with van der Waals surface area (Å²) < 4.78 is 60.3. The number of nitrogens with zero attached hydrogens (tertiary/aromatic N) is 8. The van der Waals surface area contributed by atoms with Crippen LogP contribution in [0.4, 0.5) is 51.7 Å². The van der Waals surface area contributed by atoms with Crippen LogP contribution in [0, 0.1) is 13.8 Å². The van der Waals surface area contributed by atoms with E-state index < -0.39 is 36.3 Å². The summed E-state index contributed by atoms with van der Waals surface area (Å²) >= 11 is 6.30. The Morgan fingerprint density at radius 1 is 0.825 bits per heavy atom.